The van der Waals surface area contributed by atoms with E-state index in [4.69, 9.17) is 0 Å². The van der Waals surface area contributed by atoms with Crippen LogP contribution in [0.3, 0.4) is 0 Å². The summed E-state index contributed by atoms with van der Waals surface area (Å²) in [6.07, 6.45) is 3.07. The monoisotopic (exact) mass is 234 g/mol. The predicted molar refractivity (Wildman–Crippen MR) is 69.9 cm³/mol. The van der Waals surface area contributed by atoms with Crippen molar-refractivity contribution >= 4 is 11.8 Å². The van der Waals surface area contributed by atoms with Gasteiger partial charge in [0.05, 0.1) is 4.92 Å². The van der Waals surface area contributed by atoms with E-state index < -0.39 is 0 Å². The lowest BCUT2D eigenvalue weighted by molar-refractivity contribution is -0.384. The molecule has 1 rings (SSSR count). The highest BCUT2D eigenvalue weighted by atomic mass is 16.6. The standard InChI is InChI=1S/C13H18N2O2/c1-3-7-14-10-11(2)8-12-5-4-6-13(9-12)15(16)17/h4-6,8-9,14H,3,7,10H2,1-2H3. The number of nitrogens with one attached hydrogen (secondary N) is 1. The van der Waals surface area contributed by atoms with Crippen LogP contribution in [0, 0.1) is 10.1 Å². The molecule has 0 heterocycles. The van der Waals surface area contributed by atoms with Crippen LogP contribution in [0.4, 0.5) is 5.69 Å². The predicted octanol–water partition coefficient (Wildman–Crippen LogP) is 3.00. The molecule has 92 valence electrons. The number of nitrogens with zero attached hydrogens (tertiary/aromatic N) is 1. The minimum absolute atomic E-state index is 0.132. The van der Waals surface area contributed by atoms with Gasteiger partial charge in [0.1, 0.15) is 0 Å². The molecule has 0 saturated carbocycles. The Balaban J connectivity index is 2.69. The lowest BCUT2D eigenvalue weighted by Crippen LogP contribution is -2.16. The van der Waals surface area contributed by atoms with Crippen LogP contribution in [0.1, 0.15) is 25.8 Å². The number of rotatable bonds is 6. The molecule has 1 N–H and O–H groups in total. The third kappa shape index (κ3) is 4.78. The number of nitro groups is 1. The van der Waals surface area contributed by atoms with Crippen molar-refractivity contribution < 1.29 is 4.92 Å². The maximum absolute atomic E-state index is 10.6. The molecule has 17 heavy (non-hydrogen) atoms. The van der Waals surface area contributed by atoms with Crippen molar-refractivity contribution in [1.29, 1.82) is 0 Å². The zero-order valence-corrected chi connectivity index (χ0v) is 10.3. The second-order valence-electron chi connectivity index (χ2n) is 4.02. The Labute approximate surface area is 101 Å². The van der Waals surface area contributed by atoms with Gasteiger partial charge in [-0.2, -0.15) is 0 Å². The first-order chi connectivity index (χ1) is 8.13. The van der Waals surface area contributed by atoms with E-state index in [0.29, 0.717) is 0 Å². The van der Waals surface area contributed by atoms with Gasteiger partial charge in [0.15, 0.2) is 0 Å². The Bertz CT molecular complexity index is 414. The average molecular weight is 234 g/mol. The van der Waals surface area contributed by atoms with E-state index in [2.05, 4.69) is 12.2 Å². The highest BCUT2D eigenvalue weighted by Crippen LogP contribution is 2.15. The Morgan fingerprint density at radius 2 is 2.29 bits per heavy atom. The molecule has 0 atom stereocenters. The number of hydrogen-bond acceptors (Lipinski definition) is 3. The molecular weight excluding hydrogens is 216 g/mol. The minimum Gasteiger partial charge on any atom is -0.313 e. The van der Waals surface area contributed by atoms with Gasteiger partial charge in [-0.1, -0.05) is 30.7 Å². The van der Waals surface area contributed by atoms with Gasteiger partial charge in [0.25, 0.3) is 5.69 Å². The summed E-state index contributed by atoms with van der Waals surface area (Å²) in [5.41, 5.74) is 2.17. The molecule has 4 heteroatoms. The van der Waals surface area contributed by atoms with Gasteiger partial charge in [-0.15, -0.1) is 0 Å². The molecule has 4 nitrogen and oxygen atoms in total. The first kappa shape index (κ1) is 13.4. The summed E-state index contributed by atoms with van der Waals surface area (Å²) in [5.74, 6) is 0. The molecule has 0 fully saturated rings. The number of hydrogen-bond donors (Lipinski definition) is 1. The van der Waals surface area contributed by atoms with E-state index in [1.807, 2.05) is 19.1 Å². The van der Waals surface area contributed by atoms with Crippen molar-refractivity contribution in [3.05, 3.63) is 45.5 Å². The molecule has 0 aromatic heterocycles. The van der Waals surface area contributed by atoms with Crippen LogP contribution in [0.25, 0.3) is 6.08 Å². The van der Waals surface area contributed by atoms with Crippen LogP contribution in [0.2, 0.25) is 0 Å². The van der Waals surface area contributed by atoms with Crippen LogP contribution in [-0.2, 0) is 0 Å². The lowest BCUT2D eigenvalue weighted by atomic mass is 10.1. The molecular formula is C13H18N2O2. The average Bonchev–Trinajstić information content (AvgIpc) is 2.29. The fourth-order valence-corrected chi connectivity index (χ4v) is 1.53. The Morgan fingerprint density at radius 1 is 1.53 bits per heavy atom. The van der Waals surface area contributed by atoms with Crippen LogP contribution >= 0.6 is 0 Å². The molecule has 0 saturated heterocycles. The first-order valence-corrected chi connectivity index (χ1v) is 5.76. The van der Waals surface area contributed by atoms with Crippen LogP contribution in [0.5, 0.6) is 0 Å². The lowest BCUT2D eigenvalue weighted by Gasteiger charge is -2.03. The van der Waals surface area contributed by atoms with Crippen molar-refractivity contribution in [1.82, 2.24) is 5.32 Å². The Kier molecular flexibility index (Phi) is 5.36. The van der Waals surface area contributed by atoms with Gasteiger partial charge >= 0.3 is 0 Å². The first-order valence-electron chi connectivity index (χ1n) is 5.76. The molecule has 0 unspecified atom stereocenters. The molecule has 1 aromatic carbocycles. The van der Waals surface area contributed by atoms with Crippen LogP contribution in [0.15, 0.2) is 29.8 Å². The summed E-state index contributed by atoms with van der Waals surface area (Å²) in [4.78, 5) is 10.2. The van der Waals surface area contributed by atoms with Crippen molar-refractivity contribution in [3.63, 3.8) is 0 Å². The highest BCUT2D eigenvalue weighted by molar-refractivity contribution is 5.56. The summed E-state index contributed by atoms with van der Waals surface area (Å²) in [7, 11) is 0. The van der Waals surface area contributed by atoms with Gasteiger partial charge < -0.3 is 5.32 Å². The number of nitro benzene ring substituents is 1. The van der Waals surface area contributed by atoms with Gasteiger partial charge in [0.2, 0.25) is 0 Å². The Morgan fingerprint density at radius 3 is 2.94 bits per heavy atom. The van der Waals surface area contributed by atoms with E-state index in [9.17, 15) is 10.1 Å². The van der Waals surface area contributed by atoms with Crippen molar-refractivity contribution in [2.75, 3.05) is 13.1 Å². The van der Waals surface area contributed by atoms with Crippen molar-refractivity contribution in [2.24, 2.45) is 0 Å². The quantitative estimate of drug-likeness (QED) is 0.467. The largest absolute Gasteiger partial charge is 0.313 e. The van der Waals surface area contributed by atoms with Gasteiger partial charge in [-0.25, -0.2) is 0 Å². The fraction of sp³-hybridized carbons (Fsp3) is 0.385. The minimum atomic E-state index is -0.373. The topological polar surface area (TPSA) is 55.2 Å². The molecule has 0 aliphatic heterocycles. The van der Waals surface area contributed by atoms with E-state index in [-0.39, 0.29) is 10.6 Å². The zero-order valence-electron chi connectivity index (χ0n) is 10.3. The van der Waals surface area contributed by atoms with Gasteiger partial charge in [-0.05, 0) is 25.5 Å². The molecule has 0 aliphatic rings. The van der Waals surface area contributed by atoms with Gasteiger partial charge in [0, 0.05) is 18.7 Å². The van der Waals surface area contributed by atoms with E-state index in [1.165, 1.54) is 11.6 Å². The summed E-state index contributed by atoms with van der Waals surface area (Å²) in [6.45, 7) is 5.94. The third-order valence-corrected chi connectivity index (χ3v) is 2.32. The van der Waals surface area contributed by atoms with Crippen molar-refractivity contribution in [3.8, 4) is 0 Å². The maximum atomic E-state index is 10.6. The molecule has 0 radical (unpaired) electrons. The third-order valence-electron chi connectivity index (χ3n) is 2.32. The normalized spacial score (nSPS) is 11.5. The molecule has 0 aliphatic carbocycles. The number of benzene rings is 1. The fourth-order valence-electron chi connectivity index (χ4n) is 1.53. The SMILES string of the molecule is CCCNCC(C)=Cc1cccc([N+](=O)[O-])c1. The zero-order chi connectivity index (χ0) is 12.7. The Hall–Kier alpha value is -1.68. The molecule has 0 bridgehead atoms. The van der Waals surface area contributed by atoms with Crippen LogP contribution < -0.4 is 5.32 Å². The molecule has 0 amide bonds. The molecule has 0 spiro atoms. The van der Waals surface area contributed by atoms with Gasteiger partial charge in [-0.3, -0.25) is 10.1 Å². The van der Waals surface area contributed by atoms with E-state index >= 15 is 0 Å². The van der Waals surface area contributed by atoms with E-state index in [0.717, 1.165) is 25.1 Å². The number of non-ortho nitro benzene ring substituents is 1. The summed E-state index contributed by atoms with van der Waals surface area (Å²) in [5, 5.41) is 13.9. The van der Waals surface area contributed by atoms with Crippen LogP contribution in [-0.4, -0.2) is 18.0 Å². The highest BCUT2D eigenvalue weighted by Gasteiger charge is 2.03. The maximum Gasteiger partial charge on any atom is 0.270 e. The van der Waals surface area contributed by atoms with E-state index in [1.54, 1.807) is 12.1 Å². The summed E-state index contributed by atoms with van der Waals surface area (Å²) < 4.78 is 0. The van der Waals surface area contributed by atoms with Crippen molar-refractivity contribution in [2.45, 2.75) is 20.3 Å². The second-order valence-corrected chi connectivity index (χ2v) is 4.02. The second kappa shape index (κ2) is 6.81. The summed E-state index contributed by atoms with van der Waals surface area (Å²) in [6, 6.07) is 6.67. The summed E-state index contributed by atoms with van der Waals surface area (Å²) >= 11 is 0. The molecule has 1 aromatic rings. The smallest absolute Gasteiger partial charge is 0.270 e.